The summed E-state index contributed by atoms with van der Waals surface area (Å²) < 4.78 is 24.1. The SMILES string of the molecule is CC(C)(C)c1ccc(N(c2ccccc2)c2ccc3c(c2)C2(c4ccccc4-c4c(F)cccc42)c2cc(N(c4ccccc4)c4ccc(C(C)(C)C)cc4)c4c(oc5ccccc54)c2-3)cc1. The molecule has 4 heteroatoms. The Morgan fingerprint density at radius 1 is 0.418 bits per heavy atom. The van der Waals surface area contributed by atoms with Crippen LogP contribution in [0.25, 0.3) is 44.2 Å². The Morgan fingerprint density at radius 3 is 1.60 bits per heavy atom. The number of nitrogens with zero attached hydrogens (tertiary/aromatic N) is 2. The lowest BCUT2D eigenvalue weighted by Crippen LogP contribution is -2.26. The molecule has 1 spiro atoms. The maximum absolute atomic E-state index is 16.8. The number of hydrogen-bond donors (Lipinski definition) is 0. The quantitative estimate of drug-likeness (QED) is 0.166. The number of para-hydroxylation sites is 3. The minimum Gasteiger partial charge on any atom is -0.455 e. The summed E-state index contributed by atoms with van der Waals surface area (Å²) in [5, 5.41) is 2.06. The van der Waals surface area contributed by atoms with E-state index < -0.39 is 5.41 Å². The third-order valence-corrected chi connectivity index (χ3v) is 14.2. The van der Waals surface area contributed by atoms with E-state index in [9.17, 15) is 0 Å². The monoisotopic (exact) mass is 870 g/mol. The van der Waals surface area contributed by atoms with Gasteiger partial charge in [-0.2, -0.15) is 0 Å². The zero-order valence-corrected chi connectivity index (χ0v) is 38.7. The lowest BCUT2D eigenvalue weighted by molar-refractivity contribution is 0.590. The lowest BCUT2D eigenvalue weighted by atomic mass is 9.70. The Bertz CT molecular complexity index is 3540. The first kappa shape index (κ1) is 40.8. The molecule has 10 aromatic rings. The summed E-state index contributed by atoms with van der Waals surface area (Å²) in [6.45, 7) is 13.5. The first-order valence-electron chi connectivity index (χ1n) is 23.4. The molecular formula is C63H51FN2O. The Labute approximate surface area is 392 Å². The van der Waals surface area contributed by atoms with Crippen LogP contribution in [0.3, 0.4) is 0 Å². The van der Waals surface area contributed by atoms with Gasteiger partial charge in [-0.3, -0.25) is 0 Å². The van der Waals surface area contributed by atoms with E-state index in [1.807, 2.05) is 18.2 Å². The highest BCUT2D eigenvalue weighted by molar-refractivity contribution is 6.20. The summed E-state index contributed by atoms with van der Waals surface area (Å²) >= 11 is 0. The number of hydrogen-bond acceptors (Lipinski definition) is 3. The second-order valence-corrected chi connectivity index (χ2v) is 20.2. The van der Waals surface area contributed by atoms with Crippen molar-refractivity contribution >= 4 is 56.1 Å². The van der Waals surface area contributed by atoms with Gasteiger partial charge in [0.2, 0.25) is 0 Å². The van der Waals surface area contributed by atoms with Gasteiger partial charge in [0.1, 0.15) is 17.0 Å². The average molecular weight is 871 g/mol. The molecule has 0 fully saturated rings. The summed E-state index contributed by atoms with van der Waals surface area (Å²) in [4.78, 5) is 4.72. The van der Waals surface area contributed by atoms with Crippen molar-refractivity contribution in [2.24, 2.45) is 0 Å². The molecule has 3 nitrogen and oxygen atoms in total. The molecule has 0 saturated heterocycles. The van der Waals surface area contributed by atoms with Crippen molar-refractivity contribution in [1.29, 1.82) is 0 Å². The fourth-order valence-corrected chi connectivity index (χ4v) is 11.1. The van der Waals surface area contributed by atoms with Gasteiger partial charge in [-0.05, 0) is 134 Å². The van der Waals surface area contributed by atoms with Gasteiger partial charge in [0.15, 0.2) is 0 Å². The Morgan fingerprint density at radius 2 is 0.940 bits per heavy atom. The Kier molecular flexibility index (Phi) is 9.08. The highest BCUT2D eigenvalue weighted by atomic mass is 19.1. The van der Waals surface area contributed by atoms with Gasteiger partial charge in [0.05, 0.1) is 16.5 Å². The van der Waals surface area contributed by atoms with Crippen LogP contribution in [0.2, 0.25) is 0 Å². The van der Waals surface area contributed by atoms with Crippen LogP contribution in [0.4, 0.5) is 38.5 Å². The number of rotatable bonds is 6. The molecule has 0 radical (unpaired) electrons. The maximum atomic E-state index is 16.8. The van der Waals surface area contributed by atoms with Gasteiger partial charge in [-0.1, -0.05) is 163 Å². The van der Waals surface area contributed by atoms with Gasteiger partial charge in [0, 0.05) is 45.0 Å². The third-order valence-electron chi connectivity index (χ3n) is 14.2. The van der Waals surface area contributed by atoms with Crippen molar-refractivity contribution in [3.05, 3.63) is 239 Å². The molecule has 326 valence electrons. The molecule has 9 aromatic carbocycles. The van der Waals surface area contributed by atoms with Gasteiger partial charge in [0.25, 0.3) is 0 Å². The van der Waals surface area contributed by atoms with Crippen molar-refractivity contribution in [3.63, 3.8) is 0 Å². The first-order valence-corrected chi connectivity index (χ1v) is 23.4. The molecule has 0 saturated carbocycles. The molecule has 1 atom stereocenters. The summed E-state index contributed by atoms with van der Waals surface area (Å²) in [5.74, 6) is -0.229. The fraction of sp³-hybridized carbons (Fsp3) is 0.143. The van der Waals surface area contributed by atoms with Crippen molar-refractivity contribution < 1.29 is 8.81 Å². The smallest absolute Gasteiger partial charge is 0.145 e. The Balaban J connectivity index is 1.20. The van der Waals surface area contributed by atoms with Crippen LogP contribution in [-0.4, -0.2) is 0 Å². The molecule has 0 aliphatic heterocycles. The van der Waals surface area contributed by atoms with E-state index in [-0.39, 0.29) is 16.6 Å². The normalized spacial score (nSPS) is 14.9. The largest absolute Gasteiger partial charge is 0.455 e. The minimum absolute atomic E-state index is 0.00712. The number of benzene rings is 9. The van der Waals surface area contributed by atoms with E-state index in [0.29, 0.717) is 5.56 Å². The minimum atomic E-state index is -0.909. The summed E-state index contributed by atoms with van der Waals surface area (Å²) in [6.07, 6.45) is 0. The van der Waals surface area contributed by atoms with Crippen molar-refractivity contribution in [3.8, 4) is 22.3 Å². The van der Waals surface area contributed by atoms with Crippen LogP contribution in [0.15, 0.2) is 205 Å². The molecule has 1 heterocycles. The molecule has 67 heavy (non-hydrogen) atoms. The number of anilines is 6. The molecular weight excluding hydrogens is 820 g/mol. The van der Waals surface area contributed by atoms with Crippen LogP contribution < -0.4 is 9.80 Å². The van der Waals surface area contributed by atoms with E-state index in [0.717, 1.165) is 95.0 Å². The predicted molar refractivity (Wildman–Crippen MR) is 277 cm³/mol. The standard InChI is InChI=1S/C63H51FN2O/c1-61(2,3)40-28-32-44(33-29-40)65(42-18-9-7-10-19-42)46-36-37-48-52(38-46)63(50-24-15-13-22-47(50)57-51(63)25-17-26-54(57)64)53-39-55(59-49-23-14-16-27-56(49)67-60(59)58(48)53)66(43-20-11-8-12-21-43)45-34-30-41(31-35-45)62(4,5)6/h7-39H,1-6H3. The molecule has 12 rings (SSSR count). The van der Waals surface area contributed by atoms with Crippen molar-refractivity contribution in [1.82, 2.24) is 0 Å². The summed E-state index contributed by atoms with van der Waals surface area (Å²) in [7, 11) is 0. The highest BCUT2D eigenvalue weighted by Crippen LogP contribution is 2.66. The van der Waals surface area contributed by atoms with E-state index in [4.69, 9.17) is 4.42 Å². The van der Waals surface area contributed by atoms with Crippen LogP contribution in [-0.2, 0) is 16.2 Å². The molecule has 2 aliphatic carbocycles. The van der Waals surface area contributed by atoms with Gasteiger partial charge < -0.3 is 14.2 Å². The van der Waals surface area contributed by atoms with E-state index >= 15 is 4.39 Å². The maximum Gasteiger partial charge on any atom is 0.145 e. The van der Waals surface area contributed by atoms with Crippen molar-refractivity contribution in [2.75, 3.05) is 9.80 Å². The number of halogens is 1. The zero-order chi connectivity index (χ0) is 45.8. The van der Waals surface area contributed by atoms with Crippen molar-refractivity contribution in [2.45, 2.75) is 57.8 Å². The van der Waals surface area contributed by atoms with Crippen LogP contribution >= 0.6 is 0 Å². The average Bonchev–Trinajstić information content (AvgIpc) is 3.97. The molecule has 0 amide bonds. The van der Waals surface area contributed by atoms with Gasteiger partial charge in [-0.15, -0.1) is 0 Å². The number of fused-ring (bicyclic) bond motifs is 14. The Hall–Kier alpha value is -7.69. The van der Waals surface area contributed by atoms with Gasteiger partial charge in [-0.25, -0.2) is 4.39 Å². The first-order chi connectivity index (χ1) is 32.4. The fourth-order valence-electron chi connectivity index (χ4n) is 11.1. The molecule has 0 bridgehead atoms. The highest BCUT2D eigenvalue weighted by Gasteiger charge is 2.54. The number of furan rings is 1. The molecule has 2 aliphatic rings. The molecule has 0 N–H and O–H groups in total. The third kappa shape index (κ3) is 6.16. The van der Waals surface area contributed by atoms with Crippen LogP contribution in [0.5, 0.6) is 0 Å². The topological polar surface area (TPSA) is 19.6 Å². The van der Waals surface area contributed by atoms with E-state index in [2.05, 4.69) is 227 Å². The second-order valence-electron chi connectivity index (χ2n) is 20.2. The summed E-state index contributed by atoms with van der Waals surface area (Å²) in [6, 6.07) is 70.9. The van der Waals surface area contributed by atoms with E-state index in [1.54, 1.807) is 6.07 Å². The molecule has 1 aromatic heterocycles. The zero-order valence-electron chi connectivity index (χ0n) is 38.7. The lowest BCUT2D eigenvalue weighted by Gasteiger charge is -2.33. The predicted octanol–water partition coefficient (Wildman–Crippen LogP) is 17.6. The van der Waals surface area contributed by atoms with Gasteiger partial charge >= 0.3 is 0 Å². The second kappa shape index (κ2) is 14.9. The van der Waals surface area contributed by atoms with Crippen LogP contribution in [0.1, 0.15) is 74.9 Å². The molecule has 1 unspecified atom stereocenters. The van der Waals surface area contributed by atoms with E-state index in [1.165, 1.54) is 11.1 Å². The summed E-state index contributed by atoms with van der Waals surface area (Å²) in [5.41, 5.74) is 17.2. The van der Waals surface area contributed by atoms with Crippen LogP contribution in [0, 0.1) is 5.82 Å².